The fourth-order valence-corrected chi connectivity index (χ4v) is 5.51. The van der Waals surface area contributed by atoms with Crippen molar-refractivity contribution in [2.45, 2.75) is 64.0 Å². The Hall–Kier alpha value is -3.31. The Bertz CT molecular complexity index is 1200. The van der Waals surface area contributed by atoms with Crippen LogP contribution < -0.4 is 4.90 Å². The van der Waals surface area contributed by atoms with Crippen LogP contribution in [0, 0.1) is 11.8 Å². The molecule has 1 amide bonds. The number of piperidine rings is 1. The molecule has 2 atom stereocenters. The van der Waals surface area contributed by atoms with Crippen molar-refractivity contribution in [3.63, 3.8) is 0 Å². The smallest absolute Gasteiger partial charge is 0.410 e. The first kappa shape index (κ1) is 26.3. The lowest BCUT2D eigenvalue weighted by Crippen LogP contribution is -2.48. The third-order valence-electron chi connectivity index (χ3n) is 7.57. The zero-order valence-corrected chi connectivity index (χ0v) is 22.0. The second-order valence-electron chi connectivity index (χ2n) is 10.7. The van der Waals surface area contributed by atoms with Gasteiger partial charge < -0.3 is 14.4 Å². The van der Waals surface area contributed by atoms with E-state index in [1.54, 1.807) is 33.7 Å². The molecule has 0 radical (unpaired) electrons. The number of aromatic nitrogens is 4. The molecule has 2 unspecified atom stereocenters. The highest BCUT2D eigenvalue weighted by atomic mass is 19.3. The number of pyridine rings is 1. The van der Waals surface area contributed by atoms with Gasteiger partial charge >= 0.3 is 12.1 Å². The van der Waals surface area contributed by atoms with Gasteiger partial charge in [0.2, 0.25) is 0 Å². The average Bonchev–Trinajstić information content (AvgIpc) is 3.52. The number of esters is 1. The highest BCUT2D eigenvalue weighted by Crippen LogP contribution is 2.38. The molecule has 1 aliphatic carbocycles. The molecule has 10 nitrogen and oxygen atoms in total. The monoisotopic (exact) mass is 532 g/mol. The number of alkyl halides is 2. The Kier molecular flexibility index (Phi) is 7.23. The van der Waals surface area contributed by atoms with E-state index in [1.807, 2.05) is 6.92 Å². The van der Waals surface area contributed by atoms with Crippen molar-refractivity contribution in [1.29, 1.82) is 0 Å². The number of amides is 1. The predicted octanol–water partition coefficient (Wildman–Crippen LogP) is 3.59. The zero-order chi connectivity index (χ0) is 27.0. The minimum absolute atomic E-state index is 0.0566. The van der Waals surface area contributed by atoms with E-state index in [9.17, 15) is 18.4 Å². The summed E-state index contributed by atoms with van der Waals surface area (Å²) in [6, 6.07) is 3.54. The van der Waals surface area contributed by atoms with E-state index in [-0.39, 0.29) is 31.6 Å². The molecule has 0 aromatic carbocycles. The summed E-state index contributed by atoms with van der Waals surface area (Å²) in [5, 5.41) is 8.48. The third-order valence-corrected chi connectivity index (χ3v) is 7.57. The van der Waals surface area contributed by atoms with Crippen molar-refractivity contribution < 1.29 is 27.8 Å². The van der Waals surface area contributed by atoms with Crippen LogP contribution in [0.5, 0.6) is 0 Å². The summed E-state index contributed by atoms with van der Waals surface area (Å²) in [5.74, 6) is -3.29. The number of cyclic esters (lactones) is 1. The summed E-state index contributed by atoms with van der Waals surface area (Å²) in [6.45, 7) is 2.61. The van der Waals surface area contributed by atoms with E-state index in [0.717, 1.165) is 12.1 Å². The fraction of sp³-hybridized carbons (Fsp3) is 0.654. The highest BCUT2D eigenvalue weighted by molar-refractivity contribution is 5.71. The topological polar surface area (TPSA) is 103 Å². The molecule has 4 heterocycles. The van der Waals surface area contributed by atoms with Gasteiger partial charge in [0, 0.05) is 20.0 Å². The Morgan fingerprint density at radius 3 is 2.74 bits per heavy atom. The molecule has 206 valence electrons. The number of hydrogen-bond acceptors (Lipinski definition) is 8. The Morgan fingerprint density at radius 2 is 2.03 bits per heavy atom. The molecular formula is C26H34F2N6O4. The van der Waals surface area contributed by atoms with E-state index >= 15 is 0 Å². The Balaban J connectivity index is 1.36. The Morgan fingerprint density at radius 1 is 1.24 bits per heavy atom. The predicted molar refractivity (Wildman–Crippen MR) is 134 cm³/mol. The van der Waals surface area contributed by atoms with Gasteiger partial charge in [0.15, 0.2) is 0 Å². The summed E-state index contributed by atoms with van der Waals surface area (Å²) in [5.41, 5.74) is 3.09. The van der Waals surface area contributed by atoms with Crippen LogP contribution >= 0.6 is 0 Å². The van der Waals surface area contributed by atoms with Gasteiger partial charge in [-0.05, 0) is 36.8 Å². The van der Waals surface area contributed by atoms with E-state index in [2.05, 4.69) is 10.3 Å². The maximum absolute atomic E-state index is 14.6. The zero-order valence-electron chi connectivity index (χ0n) is 22.0. The molecule has 0 spiro atoms. The second-order valence-corrected chi connectivity index (χ2v) is 10.7. The average molecular weight is 533 g/mol. The van der Waals surface area contributed by atoms with Gasteiger partial charge in [0.25, 0.3) is 5.92 Å². The molecule has 2 aliphatic heterocycles. The SMILES string of the molecule is CCc1nc(-c2nnn(C)c2CN2CC(CC3CC3)OC2=O)ccc1N1CC(CC(=O)OC)CC(F)(F)C1. The molecule has 5 rings (SSSR count). The summed E-state index contributed by atoms with van der Waals surface area (Å²) >= 11 is 0. The summed E-state index contributed by atoms with van der Waals surface area (Å²) in [6.07, 6.45) is 2.98. The van der Waals surface area contributed by atoms with Crippen LogP contribution in [0.3, 0.4) is 0 Å². The van der Waals surface area contributed by atoms with Crippen LogP contribution in [0.25, 0.3) is 11.4 Å². The van der Waals surface area contributed by atoms with Crippen LogP contribution in [0.4, 0.5) is 19.3 Å². The van der Waals surface area contributed by atoms with Crippen LogP contribution in [-0.4, -0.2) is 75.7 Å². The largest absolute Gasteiger partial charge is 0.469 e. The number of nitrogens with zero attached hydrogens (tertiary/aromatic N) is 6. The molecular weight excluding hydrogens is 498 g/mol. The molecule has 2 aromatic rings. The standard InChI is InChI=1S/C26H34F2N6O4/c1-4-19-21(34-12-17(10-23(35)37-3)11-26(27,28)15-34)8-7-20(29-19)24-22(32(2)31-30-24)14-33-13-18(38-25(33)36)9-16-5-6-16/h7-8,16-18H,4-6,9-15H2,1-3H3. The molecule has 3 aliphatic rings. The fourth-order valence-electron chi connectivity index (χ4n) is 5.51. The van der Waals surface area contributed by atoms with Gasteiger partial charge in [0.05, 0.1) is 55.9 Å². The quantitative estimate of drug-likeness (QED) is 0.452. The van der Waals surface area contributed by atoms with Gasteiger partial charge in [-0.2, -0.15) is 0 Å². The van der Waals surface area contributed by atoms with Gasteiger partial charge in [-0.1, -0.05) is 25.0 Å². The number of carbonyl (C=O) groups is 2. The van der Waals surface area contributed by atoms with E-state index in [1.165, 1.54) is 20.0 Å². The summed E-state index contributed by atoms with van der Waals surface area (Å²) < 4.78 is 41.1. The molecule has 12 heteroatoms. The first-order chi connectivity index (χ1) is 18.2. The molecule has 38 heavy (non-hydrogen) atoms. The number of carbonyl (C=O) groups excluding carboxylic acids is 2. The highest BCUT2D eigenvalue weighted by Gasteiger charge is 2.42. The molecule has 0 N–H and O–H groups in total. The lowest BCUT2D eigenvalue weighted by atomic mass is 9.91. The van der Waals surface area contributed by atoms with Crippen LogP contribution in [0.2, 0.25) is 0 Å². The maximum atomic E-state index is 14.6. The van der Waals surface area contributed by atoms with E-state index in [4.69, 9.17) is 14.5 Å². The number of aryl methyl sites for hydroxylation is 2. The minimum Gasteiger partial charge on any atom is -0.469 e. The van der Waals surface area contributed by atoms with Gasteiger partial charge in [-0.3, -0.25) is 9.69 Å². The Labute approximate surface area is 220 Å². The molecule has 2 saturated heterocycles. The molecule has 3 fully saturated rings. The third kappa shape index (κ3) is 5.73. The van der Waals surface area contributed by atoms with Gasteiger partial charge in [-0.25, -0.2) is 23.2 Å². The minimum atomic E-state index is -2.93. The van der Waals surface area contributed by atoms with Crippen molar-refractivity contribution in [2.24, 2.45) is 18.9 Å². The normalized spacial score (nSPS) is 23.0. The molecule has 0 bridgehead atoms. The van der Waals surface area contributed by atoms with Crippen LogP contribution in [-0.2, 0) is 34.3 Å². The lowest BCUT2D eigenvalue weighted by molar-refractivity contribution is -0.142. The van der Waals surface area contributed by atoms with E-state index in [0.29, 0.717) is 48.2 Å². The summed E-state index contributed by atoms with van der Waals surface area (Å²) in [7, 11) is 3.03. The number of anilines is 1. The second kappa shape index (κ2) is 10.5. The lowest BCUT2D eigenvalue weighted by Gasteiger charge is -2.39. The van der Waals surface area contributed by atoms with Crippen LogP contribution in [0.1, 0.15) is 50.4 Å². The first-order valence-corrected chi connectivity index (χ1v) is 13.2. The van der Waals surface area contributed by atoms with Crippen molar-refractivity contribution >= 4 is 17.7 Å². The number of hydrogen-bond donors (Lipinski definition) is 0. The summed E-state index contributed by atoms with van der Waals surface area (Å²) in [4.78, 5) is 32.3. The number of rotatable bonds is 9. The van der Waals surface area contributed by atoms with Crippen molar-refractivity contribution in [2.75, 3.05) is 31.6 Å². The number of methoxy groups -OCH3 is 1. The number of halogens is 2. The van der Waals surface area contributed by atoms with Crippen molar-refractivity contribution in [3.05, 3.63) is 23.5 Å². The van der Waals surface area contributed by atoms with E-state index < -0.39 is 24.4 Å². The van der Waals surface area contributed by atoms with Gasteiger partial charge in [0.1, 0.15) is 11.8 Å². The molecule has 2 aromatic heterocycles. The van der Waals surface area contributed by atoms with Crippen molar-refractivity contribution in [1.82, 2.24) is 24.9 Å². The first-order valence-electron chi connectivity index (χ1n) is 13.2. The van der Waals surface area contributed by atoms with Crippen molar-refractivity contribution in [3.8, 4) is 11.4 Å². The van der Waals surface area contributed by atoms with Gasteiger partial charge in [-0.15, -0.1) is 5.10 Å². The van der Waals surface area contributed by atoms with Crippen LogP contribution in [0.15, 0.2) is 12.1 Å². The maximum Gasteiger partial charge on any atom is 0.410 e. The number of ether oxygens (including phenoxy) is 2. The molecule has 1 saturated carbocycles.